The number of dihydropyridines is 1. The van der Waals surface area contributed by atoms with Crippen LogP contribution in [0.4, 0.5) is 4.39 Å². The molecular weight excluding hydrogens is 481 g/mol. The van der Waals surface area contributed by atoms with Crippen LogP contribution in [0.25, 0.3) is 0 Å². The van der Waals surface area contributed by atoms with Gasteiger partial charge in [-0.25, -0.2) is 9.18 Å². The van der Waals surface area contributed by atoms with Gasteiger partial charge in [0.15, 0.2) is 5.78 Å². The van der Waals surface area contributed by atoms with Gasteiger partial charge in [-0.1, -0.05) is 37.6 Å². The highest BCUT2D eigenvalue weighted by molar-refractivity contribution is 7.10. The normalized spacial score (nSPS) is 21.7. The fraction of sp³-hybridized carbons (Fsp3) is 0.393. The maximum atomic E-state index is 15.3. The molecule has 1 aromatic heterocycles. The van der Waals surface area contributed by atoms with E-state index >= 15 is 4.39 Å². The summed E-state index contributed by atoms with van der Waals surface area (Å²) in [7, 11) is 0. The van der Waals surface area contributed by atoms with Crippen molar-refractivity contribution in [2.24, 2.45) is 5.92 Å². The van der Waals surface area contributed by atoms with Crippen molar-refractivity contribution in [2.75, 3.05) is 13.2 Å². The second-order valence-corrected chi connectivity index (χ2v) is 9.73. The van der Waals surface area contributed by atoms with Gasteiger partial charge in [0.25, 0.3) is 0 Å². The predicted molar refractivity (Wildman–Crippen MR) is 135 cm³/mol. The Hall–Kier alpha value is -3.26. The number of ketones is 1. The summed E-state index contributed by atoms with van der Waals surface area (Å²) in [5.74, 6) is -4.70. The van der Waals surface area contributed by atoms with Crippen LogP contribution in [-0.4, -0.2) is 30.9 Å². The van der Waals surface area contributed by atoms with Crippen LogP contribution in [0.5, 0.6) is 0 Å². The van der Waals surface area contributed by atoms with Crippen LogP contribution in [0.3, 0.4) is 0 Å². The van der Waals surface area contributed by atoms with E-state index in [1.54, 1.807) is 32.0 Å². The van der Waals surface area contributed by atoms with E-state index in [4.69, 9.17) is 9.47 Å². The van der Waals surface area contributed by atoms with E-state index in [0.29, 0.717) is 24.2 Å². The van der Waals surface area contributed by atoms with E-state index in [-0.39, 0.29) is 29.9 Å². The quantitative estimate of drug-likeness (QED) is 0.379. The Balaban J connectivity index is 1.94. The molecule has 8 heteroatoms. The lowest BCUT2D eigenvalue weighted by molar-refractivity contribution is -0.152. The Morgan fingerprint density at radius 1 is 1.08 bits per heavy atom. The zero-order valence-electron chi connectivity index (χ0n) is 20.6. The summed E-state index contributed by atoms with van der Waals surface area (Å²) in [5, 5.41) is 5.25. The van der Waals surface area contributed by atoms with Crippen molar-refractivity contribution >= 4 is 29.1 Å². The molecule has 1 aliphatic carbocycles. The Morgan fingerprint density at radius 3 is 2.47 bits per heavy atom. The number of benzene rings is 1. The number of ether oxygens (including phenoxy) is 2. The van der Waals surface area contributed by atoms with Gasteiger partial charge in [-0.2, -0.15) is 0 Å². The van der Waals surface area contributed by atoms with Gasteiger partial charge in [0.1, 0.15) is 11.7 Å². The van der Waals surface area contributed by atoms with Gasteiger partial charge in [0, 0.05) is 33.3 Å². The summed E-state index contributed by atoms with van der Waals surface area (Å²) in [6.07, 6.45) is 1.61. The number of allylic oxidation sites excluding steroid dienone is 3. The van der Waals surface area contributed by atoms with Gasteiger partial charge < -0.3 is 14.8 Å². The second kappa shape index (κ2) is 11.2. The number of rotatable bonds is 8. The lowest BCUT2D eigenvalue weighted by atomic mass is 9.68. The van der Waals surface area contributed by atoms with Gasteiger partial charge in [0.2, 0.25) is 0 Å². The molecule has 0 bridgehead atoms. The first-order chi connectivity index (χ1) is 17.4. The highest BCUT2D eigenvalue weighted by Crippen LogP contribution is 2.49. The molecule has 0 radical (unpaired) electrons. The van der Waals surface area contributed by atoms with Crippen molar-refractivity contribution in [3.05, 3.63) is 80.6 Å². The van der Waals surface area contributed by atoms with Crippen molar-refractivity contribution < 1.29 is 28.2 Å². The van der Waals surface area contributed by atoms with Gasteiger partial charge in [0.05, 0.1) is 24.7 Å². The Bertz CT molecular complexity index is 1220. The van der Waals surface area contributed by atoms with E-state index in [0.717, 1.165) is 11.3 Å². The van der Waals surface area contributed by atoms with Crippen molar-refractivity contribution in [3.8, 4) is 0 Å². The van der Waals surface area contributed by atoms with Crippen LogP contribution in [0.15, 0.2) is 64.3 Å². The number of hydrogen-bond donors (Lipinski definition) is 1. The Labute approximate surface area is 214 Å². The SMILES string of the molecule is CCCC1=C(C(=O)OCC)[C@@H](c2ccccc2F)C2=C(C[C@H](c3cccs3)[C@H](C(=O)OCC)C2=O)N1. The van der Waals surface area contributed by atoms with Crippen molar-refractivity contribution in [3.63, 3.8) is 0 Å². The molecule has 0 saturated heterocycles. The zero-order valence-corrected chi connectivity index (χ0v) is 21.5. The third kappa shape index (κ3) is 4.74. The molecule has 4 rings (SSSR count). The number of carbonyl (C=O) groups is 3. The van der Waals surface area contributed by atoms with Crippen molar-refractivity contribution in [1.82, 2.24) is 5.32 Å². The first-order valence-electron chi connectivity index (χ1n) is 12.3. The molecule has 3 atom stereocenters. The zero-order chi connectivity index (χ0) is 25.8. The number of halogens is 1. The van der Waals surface area contributed by atoms with E-state index in [9.17, 15) is 14.4 Å². The van der Waals surface area contributed by atoms with Crippen LogP contribution >= 0.6 is 11.3 Å². The molecule has 6 nitrogen and oxygen atoms in total. The van der Waals surface area contributed by atoms with Crippen LogP contribution < -0.4 is 5.32 Å². The highest BCUT2D eigenvalue weighted by atomic mass is 32.1. The third-order valence-corrected chi connectivity index (χ3v) is 7.57. The highest BCUT2D eigenvalue weighted by Gasteiger charge is 2.50. The van der Waals surface area contributed by atoms with Crippen molar-refractivity contribution in [2.45, 2.75) is 51.9 Å². The summed E-state index contributed by atoms with van der Waals surface area (Å²) < 4.78 is 25.9. The minimum atomic E-state index is -1.09. The molecule has 1 N–H and O–H groups in total. The van der Waals surface area contributed by atoms with Crippen molar-refractivity contribution in [1.29, 1.82) is 0 Å². The number of Topliss-reactive ketones (excluding diaryl/α,β-unsaturated/α-hetero) is 1. The smallest absolute Gasteiger partial charge is 0.336 e. The van der Waals surface area contributed by atoms with Gasteiger partial charge in [-0.05, 0) is 44.2 Å². The fourth-order valence-electron chi connectivity index (χ4n) is 5.14. The first-order valence-corrected chi connectivity index (χ1v) is 13.2. The molecule has 2 aromatic rings. The predicted octanol–water partition coefficient (Wildman–Crippen LogP) is 5.38. The minimum absolute atomic E-state index is 0.134. The van der Waals surface area contributed by atoms with E-state index < -0.39 is 41.3 Å². The summed E-state index contributed by atoms with van der Waals surface area (Å²) in [4.78, 5) is 41.5. The molecule has 0 amide bonds. The Morgan fingerprint density at radius 2 is 1.83 bits per heavy atom. The molecule has 1 aliphatic heterocycles. The fourth-order valence-corrected chi connectivity index (χ4v) is 6.00. The third-order valence-electron chi connectivity index (χ3n) is 6.56. The van der Waals surface area contributed by atoms with E-state index in [2.05, 4.69) is 5.32 Å². The summed E-state index contributed by atoms with van der Waals surface area (Å²) in [6, 6.07) is 9.92. The molecule has 0 spiro atoms. The van der Waals surface area contributed by atoms with Gasteiger partial charge >= 0.3 is 11.9 Å². The molecule has 2 aliphatic rings. The number of hydrogen-bond acceptors (Lipinski definition) is 7. The maximum Gasteiger partial charge on any atom is 0.336 e. The lowest BCUT2D eigenvalue weighted by Gasteiger charge is -2.39. The molecule has 190 valence electrons. The standard InChI is InChI=1S/C28H30FNO5S/c1-4-10-19-25(28(33)35-6-3)22(16-11-7-8-12-18(16)29)24-20(30-19)15-17(21-13-9-14-36-21)23(26(24)31)27(32)34-5-2/h7-9,11-14,17,22-23,30H,4-6,10,15H2,1-3H3/t17-,22+,23+/m1/s1. The van der Waals surface area contributed by atoms with Crippen LogP contribution in [-0.2, 0) is 23.9 Å². The lowest BCUT2D eigenvalue weighted by Crippen LogP contribution is -2.43. The van der Waals surface area contributed by atoms with Gasteiger partial charge in [-0.3, -0.25) is 9.59 Å². The first kappa shape index (κ1) is 25.8. The summed E-state index contributed by atoms with van der Waals surface area (Å²) >= 11 is 1.48. The number of esters is 2. The molecule has 0 fully saturated rings. The van der Waals surface area contributed by atoms with Gasteiger partial charge in [-0.15, -0.1) is 11.3 Å². The maximum absolute atomic E-state index is 15.3. The number of nitrogens with one attached hydrogen (secondary N) is 1. The summed E-state index contributed by atoms with van der Waals surface area (Å²) in [6.45, 7) is 5.65. The minimum Gasteiger partial charge on any atom is -0.465 e. The van der Waals surface area contributed by atoms with Crippen LogP contribution in [0, 0.1) is 11.7 Å². The molecule has 0 unspecified atom stereocenters. The van der Waals surface area contributed by atoms with E-state index in [1.807, 2.05) is 24.4 Å². The number of thiophene rings is 1. The molecule has 0 saturated carbocycles. The average Bonchev–Trinajstić information content (AvgIpc) is 3.39. The topological polar surface area (TPSA) is 81.7 Å². The van der Waals surface area contributed by atoms with E-state index in [1.165, 1.54) is 17.4 Å². The number of carbonyl (C=O) groups excluding carboxylic acids is 3. The average molecular weight is 512 g/mol. The molecule has 36 heavy (non-hydrogen) atoms. The monoisotopic (exact) mass is 511 g/mol. The van der Waals surface area contributed by atoms with Crippen LogP contribution in [0.1, 0.15) is 62.3 Å². The largest absolute Gasteiger partial charge is 0.465 e. The van der Waals surface area contributed by atoms with Crippen LogP contribution in [0.2, 0.25) is 0 Å². The molecular formula is C28H30FNO5S. The summed E-state index contributed by atoms with van der Waals surface area (Å²) in [5.41, 5.74) is 1.88. The second-order valence-electron chi connectivity index (χ2n) is 8.75. The molecule has 2 heterocycles. The molecule has 1 aromatic carbocycles. The Kier molecular flexibility index (Phi) is 8.04.